The Kier molecular flexibility index (Phi) is 4.69. The first-order chi connectivity index (χ1) is 16.7. The minimum atomic E-state index is -0.364. The molecule has 0 saturated heterocycles. The van der Waals surface area contributed by atoms with Crippen LogP contribution in [0.5, 0.6) is 0 Å². The van der Waals surface area contributed by atoms with Crippen LogP contribution in [0.4, 0.5) is 11.6 Å². The van der Waals surface area contributed by atoms with Crippen LogP contribution in [0.25, 0.3) is 16.7 Å². The summed E-state index contributed by atoms with van der Waals surface area (Å²) in [6.45, 7) is 1.92. The molecule has 0 spiro atoms. The summed E-state index contributed by atoms with van der Waals surface area (Å²) in [5.41, 5.74) is 5.82. The number of nitrogens with zero attached hydrogens (tertiary/aromatic N) is 5. The lowest BCUT2D eigenvalue weighted by Crippen LogP contribution is -2.30. The zero-order valence-corrected chi connectivity index (χ0v) is 18.4. The van der Waals surface area contributed by atoms with E-state index < -0.39 is 0 Å². The molecule has 5 aromatic rings. The molecule has 0 aliphatic carbocycles. The molecule has 8 heteroatoms. The van der Waals surface area contributed by atoms with E-state index in [0.717, 1.165) is 33.7 Å². The molecule has 0 fully saturated rings. The van der Waals surface area contributed by atoms with Crippen molar-refractivity contribution < 1.29 is 4.79 Å². The third-order valence-electron chi connectivity index (χ3n) is 6.00. The zero-order valence-electron chi connectivity index (χ0n) is 18.4. The van der Waals surface area contributed by atoms with E-state index in [0.29, 0.717) is 11.5 Å². The molecule has 6 rings (SSSR count). The van der Waals surface area contributed by atoms with E-state index in [2.05, 4.69) is 25.3 Å². The van der Waals surface area contributed by atoms with E-state index >= 15 is 0 Å². The van der Waals surface area contributed by atoms with Crippen LogP contribution in [0, 0.1) is 0 Å². The Labute approximate surface area is 195 Å². The van der Waals surface area contributed by atoms with E-state index in [1.165, 1.54) is 6.33 Å². The fourth-order valence-corrected chi connectivity index (χ4v) is 4.44. The smallest absolute Gasteiger partial charge is 0.255 e. The molecule has 2 aromatic heterocycles. The average molecular weight is 448 g/mol. The van der Waals surface area contributed by atoms with Crippen molar-refractivity contribution in [2.75, 3.05) is 10.6 Å². The second-order valence-corrected chi connectivity index (χ2v) is 8.11. The zero-order chi connectivity index (χ0) is 23.1. The molecular weight excluding hydrogens is 426 g/mol. The van der Waals surface area contributed by atoms with Crippen molar-refractivity contribution in [3.8, 4) is 5.69 Å². The van der Waals surface area contributed by atoms with Gasteiger partial charge < -0.3 is 10.6 Å². The van der Waals surface area contributed by atoms with Gasteiger partial charge in [-0.25, -0.2) is 14.6 Å². The van der Waals surface area contributed by atoms with E-state index in [9.17, 15) is 4.79 Å². The molecule has 1 aliphatic rings. The van der Waals surface area contributed by atoms with E-state index in [4.69, 9.17) is 4.98 Å². The van der Waals surface area contributed by atoms with Gasteiger partial charge in [-0.2, -0.15) is 5.10 Å². The molecule has 166 valence electrons. The highest BCUT2D eigenvalue weighted by Crippen LogP contribution is 2.39. The number of carbonyl (C=O) groups is 1. The Morgan fingerprint density at radius 3 is 2.50 bits per heavy atom. The van der Waals surface area contributed by atoms with Gasteiger partial charge in [-0.15, -0.1) is 0 Å². The van der Waals surface area contributed by atoms with Crippen molar-refractivity contribution in [2.45, 2.75) is 13.0 Å². The predicted molar refractivity (Wildman–Crippen MR) is 131 cm³/mol. The van der Waals surface area contributed by atoms with Gasteiger partial charge >= 0.3 is 0 Å². The van der Waals surface area contributed by atoms with Crippen molar-refractivity contribution in [3.05, 3.63) is 108 Å². The summed E-state index contributed by atoms with van der Waals surface area (Å²) in [6, 6.07) is 25.1. The summed E-state index contributed by atoms with van der Waals surface area (Å²) in [7, 11) is 0. The van der Waals surface area contributed by atoms with E-state index in [1.54, 1.807) is 11.0 Å². The van der Waals surface area contributed by atoms with Crippen molar-refractivity contribution in [1.29, 1.82) is 0 Å². The standard InChI is InChI=1S/C26H21N7O/c1-17-23(25(34)30-19-7-3-2-4-8-19)24(18-11-13-20(14-12-18)32-16-27-15-28-32)33-22-10-6-5-9-21(22)31-26(33)29-17/h2-16,24H,1H3,(H,29,31)(H,30,34). The maximum Gasteiger partial charge on any atom is 0.255 e. The Morgan fingerprint density at radius 2 is 1.74 bits per heavy atom. The summed E-state index contributed by atoms with van der Waals surface area (Å²) in [5, 5.41) is 10.6. The fraction of sp³-hybridized carbons (Fsp3) is 0.0769. The third-order valence-corrected chi connectivity index (χ3v) is 6.00. The first kappa shape index (κ1) is 19.9. The Balaban J connectivity index is 1.49. The minimum Gasteiger partial charge on any atom is -0.329 e. The van der Waals surface area contributed by atoms with Crippen molar-refractivity contribution >= 4 is 28.6 Å². The van der Waals surface area contributed by atoms with E-state index in [1.807, 2.05) is 85.8 Å². The summed E-state index contributed by atoms with van der Waals surface area (Å²) in [5.74, 6) is 0.547. The third kappa shape index (κ3) is 3.32. The molecular formula is C26H21N7O. The first-order valence-corrected chi connectivity index (χ1v) is 10.9. The van der Waals surface area contributed by atoms with Gasteiger partial charge in [0.2, 0.25) is 5.95 Å². The first-order valence-electron chi connectivity index (χ1n) is 10.9. The monoisotopic (exact) mass is 447 g/mol. The van der Waals surface area contributed by atoms with Gasteiger partial charge in [0.15, 0.2) is 0 Å². The van der Waals surface area contributed by atoms with Crippen LogP contribution in [0.2, 0.25) is 0 Å². The number of para-hydroxylation sites is 3. The van der Waals surface area contributed by atoms with Crippen LogP contribution < -0.4 is 10.6 Å². The SMILES string of the molecule is CC1=C(C(=O)Nc2ccccc2)C(c2ccc(-n3cncn3)cc2)n2c(nc3ccccc32)N1. The lowest BCUT2D eigenvalue weighted by atomic mass is 9.94. The highest BCUT2D eigenvalue weighted by molar-refractivity contribution is 6.06. The van der Waals surface area contributed by atoms with Gasteiger partial charge in [0, 0.05) is 11.4 Å². The van der Waals surface area contributed by atoms with Gasteiger partial charge in [0.1, 0.15) is 12.7 Å². The highest BCUT2D eigenvalue weighted by atomic mass is 16.1. The number of hydrogen-bond acceptors (Lipinski definition) is 5. The molecule has 0 saturated carbocycles. The molecule has 8 nitrogen and oxygen atoms in total. The predicted octanol–water partition coefficient (Wildman–Crippen LogP) is 4.54. The van der Waals surface area contributed by atoms with Crippen LogP contribution in [0.1, 0.15) is 18.5 Å². The van der Waals surface area contributed by atoms with Crippen LogP contribution >= 0.6 is 0 Å². The van der Waals surface area contributed by atoms with Crippen molar-refractivity contribution in [1.82, 2.24) is 24.3 Å². The topological polar surface area (TPSA) is 89.7 Å². The van der Waals surface area contributed by atoms with Crippen molar-refractivity contribution in [3.63, 3.8) is 0 Å². The summed E-state index contributed by atoms with van der Waals surface area (Å²) < 4.78 is 3.79. The number of rotatable bonds is 4. The van der Waals surface area contributed by atoms with Gasteiger partial charge in [-0.05, 0) is 48.9 Å². The molecule has 0 radical (unpaired) electrons. The molecule has 1 atom stereocenters. The Hall–Kier alpha value is -4.72. The number of anilines is 2. The number of amides is 1. The summed E-state index contributed by atoms with van der Waals surface area (Å²) in [4.78, 5) is 22.4. The second kappa shape index (κ2) is 8.00. The van der Waals surface area contributed by atoms with Crippen molar-refractivity contribution in [2.24, 2.45) is 0 Å². The normalized spacial score (nSPS) is 15.1. The molecule has 3 heterocycles. The molecule has 2 N–H and O–H groups in total. The number of allylic oxidation sites excluding steroid dienone is 1. The summed E-state index contributed by atoms with van der Waals surface area (Å²) >= 11 is 0. The van der Waals surface area contributed by atoms with Gasteiger partial charge in [-0.3, -0.25) is 9.36 Å². The number of benzene rings is 3. The number of nitrogens with one attached hydrogen (secondary N) is 2. The maximum atomic E-state index is 13.6. The number of aromatic nitrogens is 5. The number of hydrogen-bond donors (Lipinski definition) is 2. The molecule has 0 bridgehead atoms. The van der Waals surface area contributed by atoms with Gasteiger partial charge in [0.05, 0.1) is 28.3 Å². The number of fused-ring (bicyclic) bond motifs is 3. The quantitative estimate of drug-likeness (QED) is 0.422. The maximum absolute atomic E-state index is 13.6. The largest absolute Gasteiger partial charge is 0.329 e. The van der Waals surface area contributed by atoms with Crippen LogP contribution in [0.3, 0.4) is 0 Å². The fourth-order valence-electron chi connectivity index (χ4n) is 4.44. The average Bonchev–Trinajstić information content (AvgIpc) is 3.52. The molecule has 34 heavy (non-hydrogen) atoms. The summed E-state index contributed by atoms with van der Waals surface area (Å²) in [6.07, 6.45) is 3.16. The Bertz CT molecular complexity index is 1520. The highest BCUT2D eigenvalue weighted by Gasteiger charge is 2.34. The molecule has 1 unspecified atom stereocenters. The van der Waals surface area contributed by atoms with E-state index in [-0.39, 0.29) is 11.9 Å². The van der Waals surface area contributed by atoms with Crippen LogP contribution in [0.15, 0.2) is 103 Å². The van der Waals surface area contributed by atoms with Gasteiger partial charge in [-0.1, -0.05) is 42.5 Å². The second-order valence-electron chi connectivity index (χ2n) is 8.11. The number of carbonyl (C=O) groups excluding carboxylic acids is 1. The minimum absolute atomic E-state index is 0.162. The van der Waals surface area contributed by atoms with Crippen LogP contribution in [-0.4, -0.2) is 30.2 Å². The molecule has 1 aliphatic heterocycles. The van der Waals surface area contributed by atoms with Crippen LogP contribution in [-0.2, 0) is 4.79 Å². The molecule has 1 amide bonds. The Morgan fingerprint density at radius 1 is 0.971 bits per heavy atom. The van der Waals surface area contributed by atoms with Gasteiger partial charge in [0.25, 0.3) is 5.91 Å². The lowest BCUT2D eigenvalue weighted by Gasteiger charge is -2.30. The lowest BCUT2D eigenvalue weighted by molar-refractivity contribution is -0.113. The number of imidazole rings is 1. The molecule has 3 aromatic carbocycles.